The Morgan fingerprint density at radius 3 is 2.48 bits per heavy atom. The molecule has 0 spiro atoms. The van der Waals surface area contributed by atoms with E-state index in [1.165, 1.54) is 16.4 Å². The van der Waals surface area contributed by atoms with Crippen LogP contribution < -0.4 is 4.90 Å². The molecule has 7 nitrogen and oxygen atoms in total. The Kier molecular flexibility index (Phi) is 5.00. The van der Waals surface area contributed by atoms with Crippen molar-refractivity contribution in [3.8, 4) is 0 Å². The highest BCUT2D eigenvalue weighted by Crippen LogP contribution is 2.31. The molecule has 31 heavy (non-hydrogen) atoms. The molecule has 0 bridgehead atoms. The lowest BCUT2D eigenvalue weighted by Gasteiger charge is -2.26. The summed E-state index contributed by atoms with van der Waals surface area (Å²) in [6.07, 6.45) is 0.751. The lowest BCUT2D eigenvalue weighted by Crippen LogP contribution is -2.40. The van der Waals surface area contributed by atoms with Crippen LogP contribution in [0.5, 0.6) is 0 Å². The molecule has 3 aromatic rings. The van der Waals surface area contributed by atoms with E-state index in [-0.39, 0.29) is 10.8 Å². The van der Waals surface area contributed by atoms with Gasteiger partial charge < -0.3 is 4.74 Å². The van der Waals surface area contributed by atoms with Gasteiger partial charge in [0.15, 0.2) is 0 Å². The van der Waals surface area contributed by atoms with E-state index < -0.39 is 10.0 Å². The van der Waals surface area contributed by atoms with Crippen molar-refractivity contribution in [2.24, 2.45) is 0 Å². The zero-order valence-electron chi connectivity index (χ0n) is 17.2. The molecule has 0 unspecified atom stereocenters. The fraction of sp³-hybridized carbons (Fsp3) is 0.304. The van der Waals surface area contributed by atoms with Crippen molar-refractivity contribution >= 4 is 32.7 Å². The van der Waals surface area contributed by atoms with Crippen LogP contribution in [0.2, 0.25) is 0 Å². The molecule has 2 aliphatic rings. The molecule has 0 atom stereocenters. The van der Waals surface area contributed by atoms with Gasteiger partial charge in [-0.2, -0.15) is 4.31 Å². The summed E-state index contributed by atoms with van der Waals surface area (Å²) in [5, 5.41) is 1.07. The van der Waals surface area contributed by atoms with E-state index in [0.29, 0.717) is 44.2 Å². The van der Waals surface area contributed by atoms with E-state index in [1.807, 2.05) is 13.0 Å². The molecule has 5 rings (SSSR count). The van der Waals surface area contributed by atoms with Crippen LogP contribution in [0.15, 0.2) is 53.4 Å². The van der Waals surface area contributed by atoms with E-state index in [2.05, 4.69) is 18.2 Å². The third-order valence-electron chi connectivity index (χ3n) is 5.84. The van der Waals surface area contributed by atoms with Gasteiger partial charge in [-0.15, -0.1) is 0 Å². The van der Waals surface area contributed by atoms with E-state index in [1.54, 1.807) is 17.0 Å². The predicted octanol–water partition coefficient (Wildman–Crippen LogP) is 2.77. The Balaban J connectivity index is 1.42. The number of hydrogen-bond acceptors (Lipinski definition) is 5. The fourth-order valence-corrected chi connectivity index (χ4v) is 5.53. The summed E-state index contributed by atoms with van der Waals surface area (Å²) < 4.78 is 32.3. The Morgan fingerprint density at radius 2 is 1.74 bits per heavy atom. The highest BCUT2D eigenvalue weighted by Gasteiger charge is 2.29. The van der Waals surface area contributed by atoms with E-state index in [0.717, 1.165) is 28.5 Å². The molecule has 1 fully saturated rings. The number of anilines is 1. The number of hydrogen-bond donors (Lipinski definition) is 0. The first kappa shape index (κ1) is 20.1. The van der Waals surface area contributed by atoms with Gasteiger partial charge in [-0.05, 0) is 60.9 Å². The van der Waals surface area contributed by atoms with E-state index in [9.17, 15) is 13.2 Å². The number of benzene rings is 2. The maximum atomic E-state index is 13.2. The third kappa shape index (κ3) is 3.60. The molecule has 2 aromatic carbocycles. The number of fused-ring (bicyclic) bond motifs is 2. The Hall–Kier alpha value is -2.81. The standard InChI is InChI=1S/C23H23N3O4S/c1-16-2-3-18-15-19-8-9-26(22(19)24-21(18)14-16)23(27)17-4-6-20(7-5-17)31(28,29)25-10-12-30-13-11-25/h2-7,14-15H,8-13H2,1H3. The third-order valence-corrected chi connectivity index (χ3v) is 7.76. The second kappa shape index (κ2) is 7.71. The highest BCUT2D eigenvalue weighted by atomic mass is 32.2. The number of pyridine rings is 1. The molecule has 160 valence electrons. The number of carbonyl (C=O) groups is 1. The summed E-state index contributed by atoms with van der Waals surface area (Å²) in [5.74, 6) is 0.515. The first-order valence-corrected chi connectivity index (χ1v) is 11.8. The Bertz CT molecular complexity index is 1270. The zero-order chi connectivity index (χ0) is 21.6. The lowest BCUT2D eigenvalue weighted by atomic mass is 10.1. The van der Waals surface area contributed by atoms with Crippen molar-refractivity contribution in [2.45, 2.75) is 18.2 Å². The molecule has 1 saturated heterocycles. The van der Waals surface area contributed by atoms with Crippen molar-refractivity contribution in [1.82, 2.24) is 9.29 Å². The normalized spacial score (nSPS) is 17.1. The van der Waals surface area contributed by atoms with Crippen molar-refractivity contribution in [1.29, 1.82) is 0 Å². The van der Waals surface area contributed by atoms with Crippen molar-refractivity contribution in [3.05, 3.63) is 65.2 Å². The minimum atomic E-state index is -3.58. The largest absolute Gasteiger partial charge is 0.379 e. The molecule has 1 aromatic heterocycles. The quantitative estimate of drug-likeness (QED) is 0.630. The summed E-state index contributed by atoms with van der Waals surface area (Å²) in [7, 11) is -3.58. The zero-order valence-corrected chi connectivity index (χ0v) is 18.1. The number of sulfonamides is 1. The molecule has 0 saturated carbocycles. The van der Waals surface area contributed by atoms with Crippen molar-refractivity contribution < 1.29 is 17.9 Å². The van der Waals surface area contributed by atoms with Gasteiger partial charge in [0.25, 0.3) is 5.91 Å². The molecule has 2 aliphatic heterocycles. The Labute approximate surface area is 181 Å². The molecular weight excluding hydrogens is 414 g/mol. The summed E-state index contributed by atoms with van der Waals surface area (Å²) in [6.45, 7) is 4.05. The van der Waals surface area contributed by atoms with Crippen LogP contribution in [0.4, 0.5) is 5.82 Å². The molecule has 0 radical (unpaired) electrons. The SMILES string of the molecule is Cc1ccc2cc3c(nc2c1)N(C(=O)c1ccc(S(=O)(=O)N2CCOCC2)cc1)CC3. The first-order valence-electron chi connectivity index (χ1n) is 10.3. The van der Waals surface area contributed by atoms with Crippen LogP contribution in [0.25, 0.3) is 10.9 Å². The number of aromatic nitrogens is 1. The minimum absolute atomic E-state index is 0.173. The second-order valence-corrected chi connectivity index (χ2v) is 9.85. The number of amides is 1. The summed E-state index contributed by atoms with van der Waals surface area (Å²) in [5.41, 5.74) is 3.48. The van der Waals surface area contributed by atoms with Gasteiger partial charge in [-0.25, -0.2) is 13.4 Å². The number of carbonyl (C=O) groups excluding carboxylic acids is 1. The lowest BCUT2D eigenvalue weighted by molar-refractivity contribution is 0.0730. The summed E-state index contributed by atoms with van der Waals surface area (Å²) >= 11 is 0. The Morgan fingerprint density at radius 1 is 1.00 bits per heavy atom. The molecule has 0 aliphatic carbocycles. The summed E-state index contributed by atoms with van der Waals surface area (Å²) in [6, 6.07) is 14.4. The smallest absolute Gasteiger partial charge is 0.259 e. The van der Waals surface area contributed by atoms with Crippen LogP contribution in [-0.2, 0) is 21.2 Å². The van der Waals surface area contributed by atoms with Crippen LogP contribution >= 0.6 is 0 Å². The predicted molar refractivity (Wildman–Crippen MR) is 118 cm³/mol. The summed E-state index contributed by atoms with van der Waals surface area (Å²) in [4.78, 5) is 19.8. The molecule has 1 amide bonds. The average molecular weight is 438 g/mol. The maximum Gasteiger partial charge on any atom is 0.259 e. The van der Waals surface area contributed by atoms with Crippen molar-refractivity contribution in [2.75, 3.05) is 37.7 Å². The van der Waals surface area contributed by atoms with Crippen LogP contribution in [0, 0.1) is 6.92 Å². The molecule has 0 N–H and O–H groups in total. The van der Waals surface area contributed by atoms with Gasteiger partial charge in [0.05, 0.1) is 23.6 Å². The van der Waals surface area contributed by atoms with Crippen LogP contribution in [-0.4, -0.2) is 56.5 Å². The first-order chi connectivity index (χ1) is 14.9. The second-order valence-electron chi connectivity index (χ2n) is 7.91. The molecular formula is C23H23N3O4S. The van der Waals surface area contributed by atoms with Gasteiger partial charge in [-0.3, -0.25) is 9.69 Å². The number of nitrogens with zero attached hydrogens (tertiary/aromatic N) is 3. The number of rotatable bonds is 3. The van der Waals surface area contributed by atoms with E-state index >= 15 is 0 Å². The van der Waals surface area contributed by atoms with E-state index in [4.69, 9.17) is 9.72 Å². The average Bonchev–Trinajstić information content (AvgIpc) is 3.20. The number of ether oxygens (including phenoxy) is 1. The van der Waals surface area contributed by atoms with Crippen LogP contribution in [0.1, 0.15) is 21.5 Å². The highest BCUT2D eigenvalue weighted by molar-refractivity contribution is 7.89. The minimum Gasteiger partial charge on any atom is -0.379 e. The monoisotopic (exact) mass is 437 g/mol. The van der Waals surface area contributed by atoms with Gasteiger partial charge in [0, 0.05) is 30.6 Å². The molecule has 3 heterocycles. The molecule has 8 heteroatoms. The van der Waals surface area contributed by atoms with Gasteiger partial charge >= 0.3 is 0 Å². The van der Waals surface area contributed by atoms with Gasteiger partial charge in [0.1, 0.15) is 5.82 Å². The van der Waals surface area contributed by atoms with Crippen molar-refractivity contribution in [3.63, 3.8) is 0 Å². The fourth-order valence-electron chi connectivity index (χ4n) is 4.13. The maximum absolute atomic E-state index is 13.2. The topological polar surface area (TPSA) is 79.8 Å². The van der Waals surface area contributed by atoms with Crippen LogP contribution in [0.3, 0.4) is 0 Å². The van der Waals surface area contributed by atoms with Gasteiger partial charge in [-0.1, -0.05) is 12.1 Å². The number of aryl methyl sites for hydroxylation is 1. The van der Waals surface area contributed by atoms with Gasteiger partial charge in [0.2, 0.25) is 10.0 Å². The number of morpholine rings is 1.